The van der Waals surface area contributed by atoms with E-state index >= 15 is 0 Å². The quantitative estimate of drug-likeness (QED) is 0.902. The zero-order valence-corrected chi connectivity index (χ0v) is 13.2. The predicted octanol–water partition coefficient (Wildman–Crippen LogP) is 2.57. The number of likely N-dealkylation sites (N-methyl/N-ethyl adjacent to an activating group) is 1. The van der Waals surface area contributed by atoms with E-state index in [2.05, 4.69) is 34.5 Å². The van der Waals surface area contributed by atoms with E-state index in [9.17, 15) is 4.79 Å². The summed E-state index contributed by atoms with van der Waals surface area (Å²) in [7, 11) is 4.07. The molecule has 2 aliphatic carbocycles. The van der Waals surface area contributed by atoms with Gasteiger partial charge < -0.3 is 10.2 Å². The molecule has 3 heteroatoms. The van der Waals surface area contributed by atoms with Gasteiger partial charge in [-0.3, -0.25) is 4.79 Å². The van der Waals surface area contributed by atoms with Crippen molar-refractivity contribution in [2.75, 3.05) is 27.2 Å². The predicted molar refractivity (Wildman–Crippen MR) is 85.2 cm³/mol. The van der Waals surface area contributed by atoms with Crippen LogP contribution in [0.25, 0.3) is 0 Å². The molecular weight excluding hydrogens is 260 g/mol. The lowest BCUT2D eigenvalue weighted by Gasteiger charge is -2.23. The summed E-state index contributed by atoms with van der Waals surface area (Å²) in [5.74, 6) is 0.248. The molecule has 0 radical (unpaired) electrons. The zero-order valence-electron chi connectivity index (χ0n) is 13.2. The molecular formula is C18H26N2O. The molecule has 2 fully saturated rings. The molecule has 1 amide bonds. The van der Waals surface area contributed by atoms with E-state index in [4.69, 9.17) is 0 Å². The Balaban J connectivity index is 1.80. The SMILES string of the molecule is CN(C)CCNC(=O)C1(c2ccccc2)CC12CCCC2. The molecule has 1 aromatic carbocycles. The van der Waals surface area contributed by atoms with E-state index in [0.717, 1.165) is 19.5 Å². The topological polar surface area (TPSA) is 32.3 Å². The Labute approximate surface area is 127 Å². The molecule has 1 aromatic rings. The first-order chi connectivity index (χ1) is 10.1. The Morgan fingerprint density at radius 2 is 1.86 bits per heavy atom. The molecule has 1 unspecified atom stereocenters. The second kappa shape index (κ2) is 5.45. The van der Waals surface area contributed by atoms with Crippen LogP contribution in [-0.2, 0) is 10.2 Å². The monoisotopic (exact) mass is 286 g/mol. The van der Waals surface area contributed by atoms with Crippen LogP contribution in [0.4, 0.5) is 0 Å². The van der Waals surface area contributed by atoms with Crippen LogP contribution in [0, 0.1) is 5.41 Å². The average Bonchev–Trinajstić information content (AvgIpc) is 2.88. The second-order valence-corrected chi connectivity index (χ2v) is 6.99. The number of hydrogen-bond donors (Lipinski definition) is 1. The smallest absolute Gasteiger partial charge is 0.231 e. The Morgan fingerprint density at radius 1 is 1.19 bits per heavy atom. The molecule has 0 saturated heterocycles. The molecule has 114 valence electrons. The molecule has 0 heterocycles. The fraction of sp³-hybridized carbons (Fsp3) is 0.611. The number of carbonyl (C=O) groups excluding carboxylic acids is 1. The minimum atomic E-state index is -0.253. The number of amides is 1. The average molecular weight is 286 g/mol. The molecule has 3 rings (SSSR count). The highest BCUT2D eigenvalue weighted by molar-refractivity contribution is 5.93. The number of benzene rings is 1. The van der Waals surface area contributed by atoms with E-state index < -0.39 is 0 Å². The maximum atomic E-state index is 12.9. The highest BCUT2D eigenvalue weighted by Gasteiger charge is 2.72. The van der Waals surface area contributed by atoms with E-state index in [1.54, 1.807) is 0 Å². The molecule has 1 atom stereocenters. The van der Waals surface area contributed by atoms with Gasteiger partial charge in [0.05, 0.1) is 5.41 Å². The van der Waals surface area contributed by atoms with Crippen LogP contribution in [0.2, 0.25) is 0 Å². The van der Waals surface area contributed by atoms with Crippen molar-refractivity contribution in [2.24, 2.45) is 5.41 Å². The summed E-state index contributed by atoms with van der Waals surface area (Å²) < 4.78 is 0. The van der Waals surface area contributed by atoms with Gasteiger partial charge in [-0.05, 0) is 44.3 Å². The Bertz CT molecular complexity index is 505. The van der Waals surface area contributed by atoms with E-state index in [1.165, 1.54) is 31.2 Å². The van der Waals surface area contributed by atoms with Crippen molar-refractivity contribution in [1.82, 2.24) is 10.2 Å². The maximum absolute atomic E-state index is 12.9. The van der Waals surface area contributed by atoms with Gasteiger partial charge in [0.1, 0.15) is 0 Å². The summed E-state index contributed by atoms with van der Waals surface area (Å²) in [4.78, 5) is 15.0. The van der Waals surface area contributed by atoms with Gasteiger partial charge in [0, 0.05) is 13.1 Å². The van der Waals surface area contributed by atoms with Crippen molar-refractivity contribution < 1.29 is 4.79 Å². The number of nitrogens with one attached hydrogen (secondary N) is 1. The van der Waals surface area contributed by atoms with Crippen molar-refractivity contribution in [3.8, 4) is 0 Å². The van der Waals surface area contributed by atoms with Crippen LogP contribution in [-0.4, -0.2) is 38.0 Å². The van der Waals surface area contributed by atoms with E-state index in [1.807, 2.05) is 20.2 Å². The molecule has 2 aliphatic rings. The fourth-order valence-electron chi connectivity index (χ4n) is 4.25. The zero-order chi connectivity index (χ0) is 14.9. The van der Waals surface area contributed by atoms with Crippen LogP contribution < -0.4 is 5.32 Å². The number of carbonyl (C=O) groups is 1. The van der Waals surface area contributed by atoms with Crippen molar-refractivity contribution >= 4 is 5.91 Å². The van der Waals surface area contributed by atoms with Crippen LogP contribution in [0.15, 0.2) is 30.3 Å². The second-order valence-electron chi connectivity index (χ2n) is 6.99. The van der Waals surface area contributed by atoms with Crippen molar-refractivity contribution in [3.63, 3.8) is 0 Å². The molecule has 1 N–H and O–H groups in total. The minimum absolute atomic E-state index is 0.247. The molecule has 21 heavy (non-hydrogen) atoms. The van der Waals surface area contributed by atoms with Gasteiger partial charge in [-0.15, -0.1) is 0 Å². The van der Waals surface area contributed by atoms with Gasteiger partial charge in [-0.2, -0.15) is 0 Å². The summed E-state index contributed by atoms with van der Waals surface area (Å²) in [5, 5.41) is 3.19. The van der Waals surface area contributed by atoms with Crippen LogP contribution >= 0.6 is 0 Å². The van der Waals surface area contributed by atoms with Gasteiger partial charge in [0.2, 0.25) is 5.91 Å². The largest absolute Gasteiger partial charge is 0.354 e. The normalized spacial score (nSPS) is 26.2. The van der Waals surface area contributed by atoms with Gasteiger partial charge >= 0.3 is 0 Å². The molecule has 0 bridgehead atoms. The van der Waals surface area contributed by atoms with Gasteiger partial charge in [-0.1, -0.05) is 43.2 Å². The third-order valence-corrected chi connectivity index (χ3v) is 5.44. The summed E-state index contributed by atoms with van der Waals surface area (Å²) in [6.07, 6.45) is 6.02. The first-order valence-electron chi connectivity index (χ1n) is 8.09. The lowest BCUT2D eigenvalue weighted by atomic mass is 9.84. The minimum Gasteiger partial charge on any atom is -0.354 e. The third kappa shape index (κ3) is 2.38. The molecule has 1 spiro atoms. The summed E-state index contributed by atoms with van der Waals surface area (Å²) in [5.41, 5.74) is 1.21. The van der Waals surface area contributed by atoms with Gasteiger partial charge in [-0.25, -0.2) is 0 Å². The highest BCUT2D eigenvalue weighted by atomic mass is 16.2. The first-order valence-corrected chi connectivity index (χ1v) is 8.09. The molecule has 3 nitrogen and oxygen atoms in total. The van der Waals surface area contributed by atoms with Gasteiger partial charge in [0.25, 0.3) is 0 Å². The lowest BCUT2D eigenvalue weighted by molar-refractivity contribution is -0.124. The summed E-state index contributed by atoms with van der Waals surface area (Å²) in [6.45, 7) is 1.63. The summed E-state index contributed by atoms with van der Waals surface area (Å²) in [6, 6.07) is 10.4. The van der Waals surface area contributed by atoms with Crippen molar-refractivity contribution in [3.05, 3.63) is 35.9 Å². The van der Waals surface area contributed by atoms with Crippen LogP contribution in [0.1, 0.15) is 37.7 Å². The highest BCUT2D eigenvalue weighted by Crippen LogP contribution is 2.72. The van der Waals surface area contributed by atoms with E-state index in [0.29, 0.717) is 0 Å². The first kappa shape index (κ1) is 14.6. The van der Waals surface area contributed by atoms with Crippen LogP contribution in [0.3, 0.4) is 0 Å². The standard InChI is InChI=1S/C18H26N2O/c1-20(2)13-12-19-16(21)18(15-8-4-3-5-9-15)14-17(18)10-6-7-11-17/h3-5,8-9H,6-7,10-14H2,1-2H3,(H,19,21). The molecule has 0 aromatic heterocycles. The van der Waals surface area contributed by atoms with Crippen molar-refractivity contribution in [1.29, 1.82) is 0 Å². The van der Waals surface area contributed by atoms with Crippen molar-refractivity contribution in [2.45, 2.75) is 37.5 Å². The van der Waals surface area contributed by atoms with E-state index in [-0.39, 0.29) is 16.7 Å². The number of rotatable bonds is 5. The number of hydrogen-bond acceptors (Lipinski definition) is 2. The fourth-order valence-corrected chi connectivity index (χ4v) is 4.25. The Morgan fingerprint density at radius 3 is 2.48 bits per heavy atom. The Kier molecular flexibility index (Phi) is 3.78. The van der Waals surface area contributed by atoms with Crippen LogP contribution in [0.5, 0.6) is 0 Å². The van der Waals surface area contributed by atoms with Gasteiger partial charge in [0.15, 0.2) is 0 Å². The number of nitrogens with zero attached hydrogens (tertiary/aromatic N) is 1. The lowest BCUT2D eigenvalue weighted by Crippen LogP contribution is -2.41. The molecule has 0 aliphatic heterocycles. The maximum Gasteiger partial charge on any atom is 0.231 e. The molecule has 2 saturated carbocycles. The Hall–Kier alpha value is -1.35. The third-order valence-electron chi connectivity index (χ3n) is 5.44. The summed E-state index contributed by atoms with van der Waals surface area (Å²) >= 11 is 0.